The molecular formula is C23H27N3O5S. The summed E-state index contributed by atoms with van der Waals surface area (Å²) in [5.41, 5.74) is 1.52. The molecule has 0 bridgehead atoms. The van der Waals surface area contributed by atoms with E-state index in [-0.39, 0.29) is 18.8 Å². The van der Waals surface area contributed by atoms with Crippen LogP contribution in [0, 0.1) is 12.3 Å². The fraction of sp³-hybridized carbons (Fsp3) is 0.391. The van der Waals surface area contributed by atoms with Gasteiger partial charge >= 0.3 is 0 Å². The van der Waals surface area contributed by atoms with E-state index in [1.54, 1.807) is 14.2 Å². The number of aromatic amines is 1. The molecule has 0 aliphatic carbocycles. The molecular weight excluding hydrogens is 430 g/mol. The summed E-state index contributed by atoms with van der Waals surface area (Å²) in [4.78, 5) is 23.1. The van der Waals surface area contributed by atoms with Gasteiger partial charge in [-0.05, 0) is 17.7 Å². The van der Waals surface area contributed by atoms with Crippen LogP contribution in [0.5, 0.6) is 5.75 Å². The monoisotopic (exact) mass is 457 g/mol. The summed E-state index contributed by atoms with van der Waals surface area (Å²) in [5, 5.41) is 12.7. The van der Waals surface area contributed by atoms with Crippen LogP contribution >= 0.6 is 11.3 Å². The quantitative estimate of drug-likeness (QED) is 0.318. The number of methoxy groups -OCH3 is 2. The first-order chi connectivity index (χ1) is 15.5. The average Bonchev–Trinajstić information content (AvgIpc) is 3.22. The van der Waals surface area contributed by atoms with Crippen molar-refractivity contribution in [2.24, 2.45) is 0 Å². The fourth-order valence-corrected chi connectivity index (χ4v) is 4.31. The molecule has 2 N–H and O–H groups in total. The van der Waals surface area contributed by atoms with Gasteiger partial charge in [0.05, 0.1) is 38.4 Å². The molecule has 0 aliphatic heterocycles. The van der Waals surface area contributed by atoms with Crippen molar-refractivity contribution < 1.29 is 19.3 Å². The molecule has 1 atom stereocenters. The van der Waals surface area contributed by atoms with Gasteiger partial charge in [-0.15, -0.1) is 17.8 Å². The summed E-state index contributed by atoms with van der Waals surface area (Å²) < 4.78 is 15.7. The van der Waals surface area contributed by atoms with Gasteiger partial charge in [0.2, 0.25) is 0 Å². The third-order valence-electron chi connectivity index (χ3n) is 4.82. The maximum atomic E-state index is 12.9. The summed E-state index contributed by atoms with van der Waals surface area (Å²) >= 11 is 1.42. The van der Waals surface area contributed by atoms with E-state index in [2.05, 4.69) is 15.9 Å². The third kappa shape index (κ3) is 6.16. The van der Waals surface area contributed by atoms with E-state index in [0.717, 1.165) is 16.9 Å². The van der Waals surface area contributed by atoms with Crippen LogP contribution in [0.1, 0.15) is 5.82 Å². The van der Waals surface area contributed by atoms with Crippen molar-refractivity contribution in [1.82, 2.24) is 14.9 Å². The second kappa shape index (κ2) is 11.8. The minimum atomic E-state index is -0.725. The van der Waals surface area contributed by atoms with Gasteiger partial charge in [0.25, 0.3) is 5.56 Å². The molecule has 9 heteroatoms. The standard InChI is InChI=1S/C23H27N3O5S/c1-4-9-31-14-17(27)12-26(8-10-29-2)13-20-24-22(28)21-19(15-32-23(21)25-20)16-6-5-7-18(11-16)30-3/h1,5-7,11,15,17,27H,8-10,12-14H2,2-3H3,(H,24,25,28). The van der Waals surface area contributed by atoms with Crippen LogP contribution in [-0.2, 0) is 16.0 Å². The van der Waals surface area contributed by atoms with E-state index in [0.29, 0.717) is 42.3 Å². The molecule has 2 heterocycles. The Morgan fingerprint density at radius 3 is 2.97 bits per heavy atom. The van der Waals surface area contributed by atoms with Gasteiger partial charge in [0.1, 0.15) is 23.0 Å². The highest BCUT2D eigenvalue weighted by Crippen LogP contribution is 2.32. The minimum Gasteiger partial charge on any atom is -0.497 e. The highest BCUT2D eigenvalue weighted by atomic mass is 32.1. The number of rotatable bonds is 12. The Morgan fingerprint density at radius 2 is 2.22 bits per heavy atom. The Morgan fingerprint density at radius 1 is 1.38 bits per heavy atom. The van der Waals surface area contributed by atoms with Crippen LogP contribution in [0.3, 0.4) is 0 Å². The molecule has 170 valence electrons. The summed E-state index contributed by atoms with van der Waals surface area (Å²) in [6.45, 7) is 2.00. The SMILES string of the molecule is C#CCOCC(O)CN(CCOC)Cc1nc2scc(-c3cccc(OC)c3)c2c(=O)[nH]1. The molecule has 3 aromatic rings. The number of aliphatic hydroxyl groups is 1. The number of aliphatic hydroxyl groups excluding tert-OH is 1. The first-order valence-electron chi connectivity index (χ1n) is 10.1. The molecule has 0 radical (unpaired) electrons. The lowest BCUT2D eigenvalue weighted by molar-refractivity contribution is 0.0202. The molecule has 0 spiro atoms. The van der Waals surface area contributed by atoms with E-state index in [9.17, 15) is 9.90 Å². The van der Waals surface area contributed by atoms with Crippen molar-refractivity contribution in [3.8, 4) is 29.2 Å². The first kappa shape index (κ1) is 23.9. The van der Waals surface area contributed by atoms with E-state index in [4.69, 9.17) is 20.6 Å². The number of thiophene rings is 1. The summed E-state index contributed by atoms with van der Waals surface area (Å²) in [5.74, 6) is 3.62. The smallest absolute Gasteiger partial charge is 0.260 e. The van der Waals surface area contributed by atoms with Gasteiger partial charge in [-0.25, -0.2) is 4.98 Å². The Hall–Kier alpha value is -2.74. The van der Waals surface area contributed by atoms with Crippen LogP contribution in [0.2, 0.25) is 0 Å². The van der Waals surface area contributed by atoms with Gasteiger partial charge in [0.15, 0.2) is 0 Å². The number of fused-ring (bicyclic) bond motifs is 1. The van der Waals surface area contributed by atoms with E-state index >= 15 is 0 Å². The fourth-order valence-electron chi connectivity index (χ4n) is 3.34. The van der Waals surface area contributed by atoms with Crippen molar-refractivity contribution in [2.45, 2.75) is 12.6 Å². The maximum absolute atomic E-state index is 12.9. The third-order valence-corrected chi connectivity index (χ3v) is 5.70. The Kier molecular flexibility index (Phi) is 8.79. The lowest BCUT2D eigenvalue weighted by atomic mass is 10.1. The Balaban J connectivity index is 1.81. The van der Waals surface area contributed by atoms with E-state index in [1.165, 1.54) is 11.3 Å². The number of nitrogens with zero attached hydrogens (tertiary/aromatic N) is 2. The molecule has 32 heavy (non-hydrogen) atoms. The van der Waals surface area contributed by atoms with Crippen molar-refractivity contribution in [3.05, 3.63) is 45.8 Å². The molecule has 8 nitrogen and oxygen atoms in total. The summed E-state index contributed by atoms with van der Waals surface area (Å²) in [6, 6.07) is 7.58. The molecule has 0 aliphatic rings. The zero-order valence-electron chi connectivity index (χ0n) is 18.2. The predicted octanol–water partition coefficient (Wildman–Crippen LogP) is 2.12. The van der Waals surface area contributed by atoms with E-state index in [1.807, 2.05) is 34.5 Å². The number of nitrogens with one attached hydrogen (secondary N) is 1. The van der Waals surface area contributed by atoms with Crippen LogP contribution in [0.4, 0.5) is 0 Å². The molecule has 0 saturated carbocycles. The van der Waals surface area contributed by atoms with Gasteiger partial charge in [-0.2, -0.15) is 0 Å². The predicted molar refractivity (Wildman–Crippen MR) is 125 cm³/mol. The lowest BCUT2D eigenvalue weighted by Crippen LogP contribution is -2.37. The number of ether oxygens (including phenoxy) is 3. The van der Waals surface area contributed by atoms with Gasteiger partial charge in [-0.3, -0.25) is 9.69 Å². The van der Waals surface area contributed by atoms with Crippen LogP contribution in [0.15, 0.2) is 34.4 Å². The summed E-state index contributed by atoms with van der Waals surface area (Å²) in [7, 11) is 3.22. The number of aromatic nitrogens is 2. The average molecular weight is 458 g/mol. The number of hydrogen-bond donors (Lipinski definition) is 2. The molecule has 0 amide bonds. The van der Waals surface area contributed by atoms with Crippen LogP contribution < -0.4 is 10.3 Å². The highest BCUT2D eigenvalue weighted by molar-refractivity contribution is 7.17. The highest BCUT2D eigenvalue weighted by Gasteiger charge is 2.17. The Labute approximate surface area is 190 Å². The molecule has 1 unspecified atom stereocenters. The largest absolute Gasteiger partial charge is 0.497 e. The molecule has 3 rings (SSSR count). The number of H-pyrrole nitrogens is 1. The van der Waals surface area contributed by atoms with Crippen molar-refractivity contribution in [2.75, 3.05) is 47.1 Å². The summed E-state index contributed by atoms with van der Waals surface area (Å²) in [6.07, 6.45) is 4.44. The van der Waals surface area contributed by atoms with Gasteiger partial charge < -0.3 is 24.3 Å². The lowest BCUT2D eigenvalue weighted by Gasteiger charge is -2.24. The normalized spacial score (nSPS) is 12.2. The Bertz CT molecular complexity index is 1120. The zero-order chi connectivity index (χ0) is 22.9. The van der Waals surface area contributed by atoms with E-state index < -0.39 is 6.10 Å². The number of terminal acetylenes is 1. The van der Waals surface area contributed by atoms with Crippen molar-refractivity contribution >= 4 is 21.6 Å². The zero-order valence-corrected chi connectivity index (χ0v) is 19.0. The van der Waals surface area contributed by atoms with Crippen molar-refractivity contribution in [3.63, 3.8) is 0 Å². The minimum absolute atomic E-state index is 0.130. The number of benzene rings is 1. The first-order valence-corrected chi connectivity index (χ1v) is 11.0. The van der Waals surface area contributed by atoms with Crippen molar-refractivity contribution in [1.29, 1.82) is 0 Å². The second-order valence-electron chi connectivity index (χ2n) is 7.18. The topological polar surface area (TPSA) is 96.9 Å². The van der Waals surface area contributed by atoms with Gasteiger partial charge in [0, 0.05) is 31.1 Å². The van der Waals surface area contributed by atoms with Crippen LogP contribution in [-0.4, -0.2) is 73.2 Å². The van der Waals surface area contributed by atoms with Gasteiger partial charge in [-0.1, -0.05) is 18.1 Å². The second-order valence-corrected chi connectivity index (χ2v) is 8.03. The molecule has 0 fully saturated rings. The molecule has 2 aromatic heterocycles. The molecule has 1 aromatic carbocycles. The van der Waals surface area contributed by atoms with Crippen LogP contribution in [0.25, 0.3) is 21.3 Å². The number of hydrogen-bond acceptors (Lipinski definition) is 8. The maximum Gasteiger partial charge on any atom is 0.260 e. The molecule has 0 saturated heterocycles.